The highest BCUT2D eigenvalue weighted by atomic mass is 35.5. The predicted octanol–water partition coefficient (Wildman–Crippen LogP) is 2.81. The molecule has 0 saturated heterocycles. The van der Waals surface area contributed by atoms with Gasteiger partial charge in [-0.05, 0) is 43.2 Å². The van der Waals surface area contributed by atoms with Gasteiger partial charge in [-0.3, -0.25) is 14.5 Å². The van der Waals surface area contributed by atoms with Crippen LogP contribution in [0.25, 0.3) is 0 Å². The number of hydrogen-bond donors (Lipinski definition) is 1. The van der Waals surface area contributed by atoms with Crippen LogP contribution in [0.2, 0.25) is 5.02 Å². The molecule has 1 N–H and O–H groups in total. The van der Waals surface area contributed by atoms with Gasteiger partial charge in [-0.25, -0.2) is 0 Å². The van der Waals surface area contributed by atoms with Gasteiger partial charge in [0, 0.05) is 11.6 Å². The Morgan fingerprint density at radius 3 is 2.84 bits per heavy atom. The Labute approximate surface area is 151 Å². The van der Waals surface area contributed by atoms with E-state index in [0.717, 1.165) is 5.56 Å². The van der Waals surface area contributed by atoms with Crippen LogP contribution in [-0.4, -0.2) is 31.0 Å². The molecule has 1 aliphatic rings. The summed E-state index contributed by atoms with van der Waals surface area (Å²) in [6.45, 7) is 2.14. The zero-order valence-electron chi connectivity index (χ0n) is 13.9. The van der Waals surface area contributed by atoms with Gasteiger partial charge < -0.3 is 10.1 Å². The molecule has 0 spiro atoms. The van der Waals surface area contributed by atoms with E-state index in [4.69, 9.17) is 16.3 Å². The summed E-state index contributed by atoms with van der Waals surface area (Å²) in [6, 6.07) is 14.7. The first kappa shape index (κ1) is 17.3. The van der Waals surface area contributed by atoms with Crippen molar-refractivity contribution >= 4 is 29.1 Å². The van der Waals surface area contributed by atoms with Crippen LogP contribution in [0.3, 0.4) is 0 Å². The van der Waals surface area contributed by atoms with Crippen molar-refractivity contribution < 1.29 is 14.3 Å². The number of fused-ring (bicyclic) bond motifs is 1. The number of halogens is 1. The molecule has 3 rings (SSSR count). The molecule has 0 radical (unpaired) electrons. The smallest absolute Gasteiger partial charge is 0.268 e. The molecule has 0 aromatic heterocycles. The van der Waals surface area contributed by atoms with E-state index in [1.54, 1.807) is 19.1 Å². The minimum atomic E-state index is -0.603. The van der Waals surface area contributed by atoms with Gasteiger partial charge in [-0.1, -0.05) is 35.9 Å². The van der Waals surface area contributed by atoms with Crippen LogP contribution in [0.4, 0.5) is 5.69 Å². The van der Waals surface area contributed by atoms with Crippen LogP contribution >= 0.6 is 11.6 Å². The average molecular weight is 359 g/mol. The van der Waals surface area contributed by atoms with E-state index in [2.05, 4.69) is 5.32 Å². The van der Waals surface area contributed by atoms with Gasteiger partial charge in [-0.2, -0.15) is 0 Å². The Hall–Kier alpha value is -2.53. The number of ether oxygens (including phenoxy) is 1. The molecule has 25 heavy (non-hydrogen) atoms. The lowest BCUT2D eigenvalue weighted by molar-refractivity contribution is -0.128. The number of carbonyl (C=O) groups excluding carboxylic acids is 2. The number of anilines is 1. The third kappa shape index (κ3) is 4.12. The summed E-state index contributed by atoms with van der Waals surface area (Å²) in [5.74, 6) is 0.185. The van der Waals surface area contributed by atoms with E-state index in [9.17, 15) is 9.59 Å². The van der Waals surface area contributed by atoms with Crippen molar-refractivity contribution in [2.75, 3.05) is 18.0 Å². The number of rotatable bonds is 5. The van der Waals surface area contributed by atoms with Crippen LogP contribution < -0.4 is 15.0 Å². The van der Waals surface area contributed by atoms with Gasteiger partial charge >= 0.3 is 0 Å². The van der Waals surface area contributed by atoms with E-state index in [0.29, 0.717) is 29.4 Å². The largest absolute Gasteiger partial charge is 0.479 e. The molecule has 0 fully saturated rings. The third-order valence-corrected chi connectivity index (χ3v) is 4.24. The number of para-hydroxylation sites is 2. The van der Waals surface area contributed by atoms with Crippen LogP contribution in [0, 0.1) is 0 Å². The maximum absolute atomic E-state index is 12.4. The molecular formula is C19H19ClN2O3. The van der Waals surface area contributed by atoms with Crippen molar-refractivity contribution in [3.8, 4) is 5.75 Å². The monoisotopic (exact) mass is 358 g/mol. The fourth-order valence-electron chi connectivity index (χ4n) is 2.76. The number of nitrogens with zero attached hydrogens (tertiary/aromatic N) is 1. The number of hydrogen-bond acceptors (Lipinski definition) is 3. The molecule has 2 amide bonds. The van der Waals surface area contributed by atoms with Gasteiger partial charge in [-0.15, -0.1) is 0 Å². The standard InChI is InChI=1S/C19H19ClN2O3/c1-13-19(24)22(16-7-2-3-8-17(16)25-13)12-18(23)21-10-9-14-5-4-6-15(20)11-14/h2-8,11,13H,9-10,12H2,1H3,(H,21,23). The van der Waals surface area contributed by atoms with Crippen LogP contribution in [0.5, 0.6) is 5.75 Å². The first-order valence-corrected chi connectivity index (χ1v) is 8.50. The molecule has 6 heteroatoms. The molecule has 2 aromatic rings. The Kier molecular flexibility index (Phi) is 5.24. The minimum absolute atomic E-state index is 0.0287. The van der Waals surface area contributed by atoms with Crippen molar-refractivity contribution in [2.24, 2.45) is 0 Å². The van der Waals surface area contributed by atoms with E-state index in [-0.39, 0.29) is 18.4 Å². The predicted molar refractivity (Wildman–Crippen MR) is 97.1 cm³/mol. The van der Waals surface area contributed by atoms with Gasteiger partial charge in [0.15, 0.2) is 6.10 Å². The molecule has 0 bridgehead atoms. The lowest BCUT2D eigenvalue weighted by atomic mass is 10.1. The fourth-order valence-corrected chi connectivity index (χ4v) is 2.97. The van der Waals surface area contributed by atoms with E-state index < -0.39 is 6.10 Å². The highest BCUT2D eigenvalue weighted by molar-refractivity contribution is 6.30. The highest BCUT2D eigenvalue weighted by Gasteiger charge is 2.32. The van der Waals surface area contributed by atoms with Crippen LogP contribution in [0.15, 0.2) is 48.5 Å². The quantitative estimate of drug-likeness (QED) is 0.894. The van der Waals surface area contributed by atoms with Gasteiger partial charge in [0.25, 0.3) is 5.91 Å². The second-order valence-corrected chi connectivity index (χ2v) is 6.32. The number of amides is 2. The average Bonchev–Trinajstić information content (AvgIpc) is 2.59. The molecule has 5 nitrogen and oxygen atoms in total. The van der Waals surface area contributed by atoms with Crippen molar-refractivity contribution in [1.29, 1.82) is 0 Å². The van der Waals surface area contributed by atoms with Crippen LogP contribution in [-0.2, 0) is 16.0 Å². The van der Waals surface area contributed by atoms with Crippen molar-refractivity contribution in [2.45, 2.75) is 19.4 Å². The molecule has 1 heterocycles. The Balaban J connectivity index is 1.59. The summed E-state index contributed by atoms with van der Waals surface area (Å²) < 4.78 is 5.57. The summed E-state index contributed by atoms with van der Waals surface area (Å²) in [7, 11) is 0. The summed E-state index contributed by atoms with van der Waals surface area (Å²) in [6.07, 6.45) is 0.0743. The Bertz CT molecular complexity index is 794. The van der Waals surface area contributed by atoms with Gasteiger partial charge in [0.2, 0.25) is 5.91 Å². The first-order valence-electron chi connectivity index (χ1n) is 8.13. The highest BCUT2D eigenvalue weighted by Crippen LogP contribution is 2.33. The lowest BCUT2D eigenvalue weighted by Crippen LogP contribution is -2.49. The molecule has 1 aliphatic heterocycles. The molecule has 2 aromatic carbocycles. The molecule has 0 saturated carbocycles. The van der Waals surface area contributed by atoms with Crippen molar-refractivity contribution in [1.82, 2.24) is 5.32 Å². The summed E-state index contributed by atoms with van der Waals surface area (Å²) in [5.41, 5.74) is 1.67. The lowest BCUT2D eigenvalue weighted by Gasteiger charge is -2.32. The maximum Gasteiger partial charge on any atom is 0.268 e. The molecule has 0 aliphatic carbocycles. The zero-order chi connectivity index (χ0) is 17.8. The summed E-state index contributed by atoms with van der Waals surface area (Å²) in [5, 5.41) is 3.52. The van der Waals surface area contributed by atoms with Gasteiger partial charge in [0.05, 0.1) is 5.69 Å². The second-order valence-electron chi connectivity index (χ2n) is 5.88. The fraction of sp³-hybridized carbons (Fsp3) is 0.263. The maximum atomic E-state index is 12.4. The molecule has 1 unspecified atom stereocenters. The first-order chi connectivity index (χ1) is 12.0. The normalized spacial score (nSPS) is 16.2. The second kappa shape index (κ2) is 7.57. The van der Waals surface area contributed by atoms with E-state index in [1.165, 1.54) is 4.90 Å². The van der Waals surface area contributed by atoms with Gasteiger partial charge in [0.1, 0.15) is 12.3 Å². The van der Waals surface area contributed by atoms with E-state index >= 15 is 0 Å². The molecule has 1 atom stereocenters. The SMILES string of the molecule is CC1Oc2ccccc2N(CC(=O)NCCc2cccc(Cl)c2)C1=O. The topological polar surface area (TPSA) is 58.6 Å². The minimum Gasteiger partial charge on any atom is -0.479 e. The van der Waals surface area contributed by atoms with Crippen LogP contribution in [0.1, 0.15) is 12.5 Å². The summed E-state index contributed by atoms with van der Waals surface area (Å²) >= 11 is 5.95. The third-order valence-electron chi connectivity index (χ3n) is 4.00. The number of carbonyl (C=O) groups is 2. The van der Waals surface area contributed by atoms with Crippen molar-refractivity contribution in [3.05, 3.63) is 59.1 Å². The molecular weight excluding hydrogens is 340 g/mol. The Morgan fingerprint density at radius 1 is 1.24 bits per heavy atom. The molecule has 130 valence electrons. The number of benzene rings is 2. The van der Waals surface area contributed by atoms with Crippen molar-refractivity contribution in [3.63, 3.8) is 0 Å². The zero-order valence-corrected chi connectivity index (χ0v) is 14.6. The summed E-state index contributed by atoms with van der Waals surface area (Å²) in [4.78, 5) is 26.1. The number of nitrogens with one attached hydrogen (secondary N) is 1. The Morgan fingerprint density at radius 2 is 2.04 bits per heavy atom. The van der Waals surface area contributed by atoms with E-state index in [1.807, 2.05) is 36.4 Å².